The van der Waals surface area contributed by atoms with Gasteiger partial charge in [-0.25, -0.2) is 4.79 Å². The van der Waals surface area contributed by atoms with Gasteiger partial charge in [0.05, 0.1) is 22.5 Å². The molecular weight excluding hydrogens is 487 g/mol. The fourth-order valence-electron chi connectivity index (χ4n) is 6.10. The van der Waals surface area contributed by atoms with Crippen LogP contribution >= 0.6 is 23.4 Å². The number of thioether (sulfide) groups is 1. The maximum atomic E-state index is 12.6. The quantitative estimate of drug-likeness (QED) is 0.108. The molecule has 0 amide bonds. The summed E-state index contributed by atoms with van der Waals surface area (Å²) in [5.41, 5.74) is 0.130. The molecule has 0 spiro atoms. The van der Waals surface area contributed by atoms with Crippen molar-refractivity contribution in [2.45, 2.75) is 95.2 Å². The largest absolute Gasteiger partial charge is 0.514 e. The molecule has 2 bridgehead atoms. The molecule has 3 aliphatic carbocycles. The van der Waals surface area contributed by atoms with E-state index in [4.69, 9.17) is 30.4 Å². The minimum atomic E-state index is -0.862. The van der Waals surface area contributed by atoms with Crippen molar-refractivity contribution >= 4 is 42.4 Å². The van der Waals surface area contributed by atoms with E-state index in [2.05, 4.69) is 20.8 Å². The lowest BCUT2D eigenvalue weighted by molar-refractivity contribution is -0.199. The van der Waals surface area contributed by atoms with Crippen LogP contribution in [0.3, 0.4) is 0 Å². The second-order valence-corrected chi connectivity index (χ2v) is 13.2. The Morgan fingerprint density at radius 2 is 1.94 bits per heavy atom. The van der Waals surface area contributed by atoms with E-state index in [1.807, 2.05) is 18.4 Å². The molecule has 1 aliphatic heterocycles. The molecule has 192 valence electrons. The first-order valence-corrected chi connectivity index (χ1v) is 13.9. The Morgan fingerprint density at radius 3 is 2.51 bits per heavy atom. The number of hydrogen-bond acceptors (Lipinski definition) is 7. The van der Waals surface area contributed by atoms with Gasteiger partial charge in [0.1, 0.15) is 11.4 Å². The number of halogens is 1. The second-order valence-electron chi connectivity index (χ2n) is 11.8. The van der Waals surface area contributed by atoms with E-state index in [0.29, 0.717) is 29.4 Å². The van der Waals surface area contributed by atoms with Gasteiger partial charge < -0.3 is 18.8 Å². The van der Waals surface area contributed by atoms with E-state index in [0.717, 1.165) is 17.7 Å². The Morgan fingerprint density at radius 1 is 1.26 bits per heavy atom. The third-order valence-electron chi connectivity index (χ3n) is 8.03. The summed E-state index contributed by atoms with van der Waals surface area (Å²) in [7, 11) is -0.586. The number of Topliss-reactive ketones (excluding diaryl/α,β-unsaturated/α-hetero) is 1. The molecule has 4 fully saturated rings. The minimum absolute atomic E-state index is 0.0228. The molecule has 9 heteroatoms. The van der Waals surface area contributed by atoms with E-state index in [-0.39, 0.29) is 28.7 Å². The highest BCUT2D eigenvalue weighted by molar-refractivity contribution is 7.98. The summed E-state index contributed by atoms with van der Waals surface area (Å²) < 4.78 is 23.9. The van der Waals surface area contributed by atoms with Crippen molar-refractivity contribution in [3.05, 3.63) is 23.3 Å². The topological polar surface area (TPSA) is 71.1 Å². The highest BCUT2D eigenvalue weighted by Gasteiger charge is 2.68. The zero-order valence-electron chi connectivity index (χ0n) is 21.9. The fraction of sp³-hybridized carbons (Fsp3) is 0.692. The van der Waals surface area contributed by atoms with Gasteiger partial charge in [0.2, 0.25) is 0 Å². The highest BCUT2D eigenvalue weighted by Crippen LogP contribution is 2.65. The van der Waals surface area contributed by atoms with Gasteiger partial charge in [-0.2, -0.15) is 0 Å². The summed E-state index contributed by atoms with van der Waals surface area (Å²) in [6.45, 7) is 13.5. The Kier molecular flexibility index (Phi) is 7.11. The van der Waals surface area contributed by atoms with Gasteiger partial charge in [0.25, 0.3) is 0 Å². The van der Waals surface area contributed by atoms with Crippen molar-refractivity contribution in [3.63, 3.8) is 0 Å². The van der Waals surface area contributed by atoms with Crippen LogP contribution in [0.1, 0.15) is 77.2 Å². The molecule has 0 N–H and O–H groups in total. The fourth-order valence-corrected chi connectivity index (χ4v) is 7.02. The molecule has 5 atom stereocenters. The number of carbonyl (C=O) groups excluding carboxylic acids is 2. The second kappa shape index (κ2) is 9.27. The van der Waals surface area contributed by atoms with E-state index in [9.17, 15) is 9.59 Å². The average Bonchev–Trinajstić information content (AvgIpc) is 3.10. The lowest BCUT2D eigenvalue weighted by Crippen LogP contribution is -2.65. The van der Waals surface area contributed by atoms with Crippen LogP contribution in [0, 0.1) is 17.3 Å². The molecule has 1 saturated heterocycles. The number of alkyl halides is 1. The van der Waals surface area contributed by atoms with Crippen molar-refractivity contribution in [2.24, 2.45) is 17.3 Å². The monoisotopic (exact) mass is 522 g/mol. The molecule has 3 saturated carbocycles. The molecule has 1 aromatic rings. The summed E-state index contributed by atoms with van der Waals surface area (Å²) in [4.78, 5) is 25.9. The van der Waals surface area contributed by atoms with Gasteiger partial charge in [0, 0.05) is 4.90 Å². The molecule has 1 aromatic carbocycles. The first-order chi connectivity index (χ1) is 16.2. The van der Waals surface area contributed by atoms with Gasteiger partial charge in [-0.05, 0) is 89.0 Å². The number of ether oxygens (including phenoxy) is 2. The van der Waals surface area contributed by atoms with Crippen molar-refractivity contribution < 1.29 is 28.4 Å². The molecule has 6 nitrogen and oxygen atoms in total. The number of ketones is 1. The maximum Gasteiger partial charge on any atom is 0.514 e. The summed E-state index contributed by atoms with van der Waals surface area (Å²) in [6, 6.07) is 3.70. The molecule has 3 unspecified atom stereocenters. The van der Waals surface area contributed by atoms with Gasteiger partial charge in [0.15, 0.2) is 5.78 Å². The maximum absolute atomic E-state index is 12.6. The van der Waals surface area contributed by atoms with Crippen LogP contribution in [0.4, 0.5) is 4.79 Å². The SMILES string of the molecule is CSc1ccc(C[C@@H](Cl)B2OC3CC4CC(C4(C)C)[C@]3(C)O2)c(OC(=O)OC(C)(C)C)c1C(C)=O. The van der Waals surface area contributed by atoms with E-state index in [1.165, 1.54) is 18.7 Å². The van der Waals surface area contributed by atoms with E-state index in [1.54, 1.807) is 20.8 Å². The van der Waals surface area contributed by atoms with Gasteiger partial charge in [-0.15, -0.1) is 23.4 Å². The molecule has 0 aromatic heterocycles. The highest BCUT2D eigenvalue weighted by atomic mass is 35.5. The third kappa shape index (κ3) is 4.88. The standard InChI is InChI=1S/C26H36BClO6S/c1-14(29)21-17(35-8)10-9-15(22(21)31-23(30)32-24(2,3)4)11-20(28)27-33-19-13-16-12-18(25(16,5)6)26(19,7)34-27/h9-10,16,18-20H,11-13H2,1-8H3/t16?,18?,19?,20-,26+/m1/s1. The van der Waals surface area contributed by atoms with Crippen molar-refractivity contribution in [2.75, 3.05) is 6.26 Å². The Balaban J connectivity index is 1.58. The minimum Gasteiger partial charge on any atom is -0.428 e. The lowest BCUT2D eigenvalue weighted by atomic mass is 9.43. The number of carbonyl (C=O) groups is 2. The van der Waals surface area contributed by atoms with E-state index < -0.39 is 24.2 Å². The molecule has 35 heavy (non-hydrogen) atoms. The molecular formula is C26H36BClO6S. The predicted octanol–water partition coefficient (Wildman–Crippen LogP) is 6.34. The summed E-state index contributed by atoms with van der Waals surface area (Å²) in [5, 5.41) is -0.529. The molecule has 1 heterocycles. The Bertz CT molecular complexity index is 1020. The summed E-state index contributed by atoms with van der Waals surface area (Å²) in [6.07, 6.45) is 3.48. The van der Waals surface area contributed by atoms with Crippen LogP contribution in [0.25, 0.3) is 0 Å². The summed E-state index contributed by atoms with van der Waals surface area (Å²) >= 11 is 8.30. The Labute approximate surface area is 218 Å². The van der Waals surface area contributed by atoms with Crippen molar-refractivity contribution in [3.8, 4) is 5.75 Å². The summed E-state index contributed by atoms with van der Waals surface area (Å²) in [5.74, 6) is 1.07. The predicted molar refractivity (Wildman–Crippen MR) is 139 cm³/mol. The zero-order chi connectivity index (χ0) is 25.9. The van der Waals surface area contributed by atoms with Gasteiger partial charge in [-0.3, -0.25) is 4.79 Å². The lowest BCUT2D eigenvalue weighted by Gasteiger charge is -2.64. The van der Waals surface area contributed by atoms with Gasteiger partial charge in [-0.1, -0.05) is 19.9 Å². The molecule has 0 radical (unpaired) electrons. The first kappa shape index (κ1) is 26.8. The van der Waals surface area contributed by atoms with Crippen molar-refractivity contribution in [1.82, 2.24) is 0 Å². The zero-order valence-corrected chi connectivity index (χ0v) is 23.5. The normalized spacial score (nSPS) is 29.7. The van der Waals surface area contributed by atoms with Crippen LogP contribution < -0.4 is 4.74 Å². The van der Waals surface area contributed by atoms with E-state index >= 15 is 0 Å². The number of hydrogen-bond donors (Lipinski definition) is 0. The van der Waals surface area contributed by atoms with Crippen LogP contribution in [0.15, 0.2) is 17.0 Å². The van der Waals surface area contributed by atoms with Crippen LogP contribution in [-0.4, -0.2) is 47.9 Å². The average molecular weight is 523 g/mol. The molecule has 4 aliphatic rings. The third-order valence-corrected chi connectivity index (χ3v) is 9.17. The smallest absolute Gasteiger partial charge is 0.428 e. The number of rotatable bonds is 6. The molecule has 5 rings (SSSR count). The van der Waals surface area contributed by atoms with Crippen LogP contribution in [0.2, 0.25) is 0 Å². The first-order valence-electron chi connectivity index (χ1n) is 12.3. The number of benzene rings is 1. The Hall–Kier alpha value is -1.22. The van der Waals surface area contributed by atoms with Gasteiger partial charge >= 0.3 is 13.3 Å². The van der Waals surface area contributed by atoms with Crippen LogP contribution in [0.5, 0.6) is 5.75 Å². The van der Waals surface area contributed by atoms with Crippen LogP contribution in [-0.2, 0) is 20.5 Å². The van der Waals surface area contributed by atoms with Crippen molar-refractivity contribution in [1.29, 1.82) is 0 Å².